The zero-order valence-corrected chi connectivity index (χ0v) is 20.4. The molecule has 34 heavy (non-hydrogen) atoms. The van der Waals surface area contributed by atoms with Gasteiger partial charge in [-0.05, 0) is 60.5 Å². The van der Waals surface area contributed by atoms with Gasteiger partial charge in [0.05, 0.1) is 19.4 Å². The molecule has 0 fully saturated rings. The molecule has 2 amide bonds. The molecular formula is C26H26BrN3O4. The van der Waals surface area contributed by atoms with Gasteiger partial charge in [-0.1, -0.05) is 47.1 Å². The molecule has 0 saturated heterocycles. The van der Waals surface area contributed by atoms with Gasteiger partial charge in [0.2, 0.25) is 0 Å². The number of amides is 2. The third-order valence-corrected chi connectivity index (χ3v) is 5.15. The molecule has 0 atom stereocenters. The van der Waals surface area contributed by atoms with Gasteiger partial charge in [0, 0.05) is 15.6 Å². The van der Waals surface area contributed by atoms with Crippen LogP contribution < -0.4 is 20.2 Å². The summed E-state index contributed by atoms with van der Waals surface area (Å²) in [6.07, 6.45) is 2.41. The molecule has 3 rings (SSSR count). The van der Waals surface area contributed by atoms with Gasteiger partial charge in [-0.15, -0.1) is 0 Å². The van der Waals surface area contributed by atoms with Crippen LogP contribution in [0.3, 0.4) is 0 Å². The molecule has 8 heteroatoms. The van der Waals surface area contributed by atoms with E-state index in [1.54, 1.807) is 24.3 Å². The van der Waals surface area contributed by atoms with Crippen molar-refractivity contribution in [3.63, 3.8) is 0 Å². The lowest BCUT2D eigenvalue weighted by atomic mass is 10.2. The molecular weight excluding hydrogens is 498 g/mol. The topological polar surface area (TPSA) is 89.0 Å². The quantitative estimate of drug-likeness (QED) is 0.281. The number of hydrogen-bond acceptors (Lipinski definition) is 5. The summed E-state index contributed by atoms with van der Waals surface area (Å²) in [5.74, 6) is 0.545. The van der Waals surface area contributed by atoms with Crippen LogP contribution in [0.25, 0.3) is 0 Å². The number of hydrogen-bond donors (Lipinski definition) is 2. The molecule has 3 aromatic carbocycles. The van der Waals surface area contributed by atoms with Gasteiger partial charge < -0.3 is 14.8 Å². The highest BCUT2D eigenvalue weighted by Crippen LogP contribution is 2.18. The molecule has 0 spiro atoms. The predicted octanol–water partition coefficient (Wildman–Crippen LogP) is 4.70. The number of rotatable bonds is 11. The molecule has 0 bridgehead atoms. The Morgan fingerprint density at radius 3 is 2.44 bits per heavy atom. The molecule has 0 aromatic heterocycles. The number of benzene rings is 3. The molecule has 0 aliphatic rings. The summed E-state index contributed by atoms with van der Waals surface area (Å²) in [5, 5.41) is 6.55. The lowest BCUT2D eigenvalue weighted by Gasteiger charge is -2.09. The first-order chi connectivity index (χ1) is 16.5. The van der Waals surface area contributed by atoms with E-state index >= 15 is 0 Å². The lowest BCUT2D eigenvalue weighted by Crippen LogP contribution is -2.34. The van der Waals surface area contributed by atoms with Crippen molar-refractivity contribution in [2.75, 3.05) is 13.2 Å². The Bertz CT molecular complexity index is 1120. The van der Waals surface area contributed by atoms with Crippen LogP contribution in [0, 0.1) is 0 Å². The maximum atomic E-state index is 12.2. The van der Waals surface area contributed by atoms with Gasteiger partial charge in [0.25, 0.3) is 11.8 Å². The summed E-state index contributed by atoms with van der Waals surface area (Å²) in [7, 11) is 0. The van der Waals surface area contributed by atoms with Gasteiger partial charge in [-0.3, -0.25) is 9.59 Å². The number of halogens is 1. The van der Waals surface area contributed by atoms with Crippen molar-refractivity contribution in [1.29, 1.82) is 0 Å². The Kier molecular flexibility index (Phi) is 9.66. The Labute approximate surface area is 207 Å². The Hall–Kier alpha value is -3.65. The maximum absolute atomic E-state index is 12.2. The number of nitrogens with one attached hydrogen (secondary N) is 2. The van der Waals surface area contributed by atoms with E-state index in [1.807, 2.05) is 55.5 Å². The summed E-state index contributed by atoms with van der Waals surface area (Å²) >= 11 is 3.41. The number of carbonyl (C=O) groups is 2. The van der Waals surface area contributed by atoms with Crippen molar-refractivity contribution < 1.29 is 19.1 Å². The zero-order chi connectivity index (χ0) is 24.2. The first-order valence-electron chi connectivity index (χ1n) is 10.8. The summed E-state index contributed by atoms with van der Waals surface area (Å²) in [6, 6.07) is 22.0. The predicted molar refractivity (Wildman–Crippen MR) is 135 cm³/mol. The fraction of sp³-hybridized carbons (Fsp3) is 0.192. The first kappa shape index (κ1) is 25.0. The fourth-order valence-electron chi connectivity index (χ4n) is 2.86. The van der Waals surface area contributed by atoms with Gasteiger partial charge >= 0.3 is 0 Å². The standard InChI is InChI=1S/C26H26BrN3O4/c1-2-15-33-23-13-9-20(10-14-23)26(32)28-17-25(31)30-29-16-21-5-3-4-6-24(21)34-18-19-7-11-22(27)12-8-19/h3-14,16H,2,15,17-18H2,1H3,(H,28,32)(H,30,31)/b29-16-. The molecule has 2 N–H and O–H groups in total. The molecule has 7 nitrogen and oxygen atoms in total. The normalized spacial score (nSPS) is 10.6. The SMILES string of the molecule is CCCOc1ccc(C(=O)NCC(=O)N/N=C\c2ccccc2OCc2ccc(Br)cc2)cc1. The van der Waals surface area contributed by atoms with E-state index in [-0.39, 0.29) is 12.5 Å². The van der Waals surface area contributed by atoms with Crippen molar-refractivity contribution >= 4 is 34.0 Å². The number of nitrogens with zero attached hydrogens (tertiary/aromatic N) is 1. The summed E-state index contributed by atoms with van der Waals surface area (Å²) in [5.41, 5.74) is 4.60. The Morgan fingerprint density at radius 2 is 1.71 bits per heavy atom. The largest absolute Gasteiger partial charge is 0.494 e. The third kappa shape index (κ3) is 8.04. The zero-order valence-electron chi connectivity index (χ0n) is 18.8. The minimum atomic E-state index is -0.444. The molecule has 3 aromatic rings. The summed E-state index contributed by atoms with van der Waals surface area (Å²) in [4.78, 5) is 24.3. The van der Waals surface area contributed by atoms with Gasteiger partial charge in [0.1, 0.15) is 18.1 Å². The minimum Gasteiger partial charge on any atom is -0.494 e. The number of ether oxygens (including phenoxy) is 2. The summed E-state index contributed by atoms with van der Waals surface area (Å²) in [6.45, 7) is 2.84. The van der Waals surface area contributed by atoms with Crippen LogP contribution in [0.4, 0.5) is 0 Å². The molecule has 0 heterocycles. The van der Waals surface area contributed by atoms with E-state index in [2.05, 4.69) is 31.8 Å². The third-order valence-electron chi connectivity index (χ3n) is 4.62. The number of para-hydroxylation sites is 1. The van der Waals surface area contributed by atoms with E-state index in [1.165, 1.54) is 6.21 Å². The minimum absolute atomic E-state index is 0.202. The fourth-order valence-corrected chi connectivity index (χ4v) is 3.12. The van der Waals surface area contributed by atoms with E-state index in [0.717, 1.165) is 16.5 Å². The molecule has 0 aliphatic carbocycles. The van der Waals surface area contributed by atoms with E-state index in [9.17, 15) is 9.59 Å². The Morgan fingerprint density at radius 1 is 0.971 bits per heavy atom. The first-order valence-corrected chi connectivity index (χ1v) is 11.6. The average molecular weight is 524 g/mol. The summed E-state index contributed by atoms with van der Waals surface area (Å²) < 4.78 is 12.4. The smallest absolute Gasteiger partial charge is 0.259 e. The van der Waals surface area contributed by atoms with Gasteiger partial charge in [-0.25, -0.2) is 5.43 Å². The number of carbonyl (C=O) groups excluding carboxylic acids is 2. The van der Waals surface area contributed by atoms with Crippen molar-refractivity contribution in [2.45, 2.75) is 20.0 Å². The van der Waals surface area contributed by atoms with Crippen molar-refractivity contribution in [2.24, 2.45) is 5.10 Å². The highest BCUT2D eigenvalue weighted by molar-refractivity contribution is 9.10. The monoisotopic (exact) mass is 523 g/mol. The molecule has 0 unspecified atom stereocenters. The van der Waals surface area contributed by atoms with Crippen molar-refractivity contribution in [1.82, 2.24) is 10.7 Å². The van der Waals surface area contributed by atoms with Crippen LogP contribution in [0.2, 0.25) is 0 Å². The molecule has 176 valence electrons. The van der Waals surface area contributed by atoms with E-state index in [4.69, 9.17) is 9.47 Å². The molecule has 0 saturated carbocycles. The van der Waals surface area contributed by atoms with Gasteiger partial charge in [0.15, 0.2) is 0 Å². The Balaban J connectivity index is 1.46. The molecule has 0 radical (unpaired) electrons. The van der Waals surface area contributed by atoms with Gasteiger partial charge in [-0.2, -0.15) is 5.10 Å². The number of hydrazone groups is 1. The van der Waals surface area contributed by atoms with Crippen LogP contribution in [-0.4, -0.2) is 31.2 Å². The van der Waals surface area contributed by atoms with E-state index < -0.39 is 5.91 Å². The van der Waals surface area contributed by atoms with Crippen LogP contribution in [-0.2, 0) is 11.4 Å². The second kappa shape index (κ2) is 13.2. The van der Waals surface area contributed by atoms with Crippen molar-refractivity contribution in [3.05, 3.63) is 94.0 Å². The highest BCUT2D eigenvalue weighted by atomic mass is 79.9. The average Bonchev–Trinajstić information content (AvgIpc) is 2.86. The second-order valence-electron chi connectivity index (χ2n) is 7.30. The van der Waals surface area contributed by atoms with Crippen LogP contribution in [0.5, 0.6) is 11.5 Å². The highest BCUT2D eigenvalue weighted by Gasteiger charge is 2.08. The van der Waals surface area contributed by atoms with Crippen LogP contribution >= 0.6 is 15.9 Å². The lowest BCUT2D eigenvalue weighted by molar-refractivity contribution is -0.120. The molecule has 0 aliphatic heterocycles. The van der Waals surface area contributed by atoms with Crippen LogP contribution in [0.1, 0.15) is 34.8 Å². The maximum Gasteiger partial charge on any atom is 0.259 e. The van der Waals surface area contributed by atoms with E-state index in [0.29, 0.717) is 35.8 Å². The van der Waals surface area contributed by atoms with Crippen molar-refractivity contribution in [3.8, 4) is 11.5 Å². The second-order valence-corrected chi connectivity index (χ2v) is 8.22. The van der Waals surface area contributed by atoms with Crippen LogP contribution in [0.15, 0.2) is 82.4 Å².